The zero-order chi connectivity index (χ0) is 17.4. The molecule has 1 aromatic carbocycles. The molecule has 130 valence electrons. The van der Waals surface area contributed by atoms with Crippen LogP contribution in [-0.4, -0.2) is 23.6 Å². The molecule has 0 radical (unpaired) electrons. The lowest BCUT2D eigenvalue weighted by Crippen LogP contribution is -2.08. The number of hydrogen-bond donors (Lipinski definition) is 2. The molecule has 7 heteroatoms. The summed E-state index contributed by atoms with van der Waals surface area (Å²) >= 11 is 0. The van der Waals surface area contributed by atoms with Crippen molar-refractivity contribution in [2.45, 2.75) is 47.8 Å². The standard InChI is InChI=1S/C18H20N4O2S/c19-18-17(25(23,24)13-9-5-2-6-10-13)14-11-20-22-15(16(14)21-18)12-7-3-1-4-8-12/h2,5-6,9-12,21H,1,3-4,7-8,19H2. The van der Waals surface area contributed by atoms with E-state index in [-0.39, 0.29) is 15.6 Å². The Morgan fingerprint density at radius 2 is 1.80 bits per heavy atom. The van der Waals surface area contributed by atoms with E-state index in [0.29, 0.717) is 16.8 Å². The first kappa shape index (κ1) is 16.1. The van der Waals surface area contributed by atoms with Gasteiger partial charge in [0.05, 0.1) is 22.3 Å². The van der Waals surface area contributed by atoms with Crippen molar-refractivity contribution in [3.63, 3.8) is 0 Å². The van der Waals surface area contributed by atoms with E-state index in [9.17, 15) is 8.42 Å². The number of fused-ring (bicyclic) bond motifs is 1. The molecule has 0 spiro atoms. The molecular formula is C18H20N4O2S. The molecule has 25 heavy (non-hydrogen) atoms. The average Bonchev–Trinajstić information content (AvgIpc) is 2.99. The van der Waals surface area contributed by atoms with Crippen LogP contribution in [0.1, 0.15) is 43.7 Å². The highest BCUT2D eigenvalue weighted by molar-refractivity contribution is 7.92. The number of nitrogens with zero attached hydrogens (tertiary/aromatic N) is 2. The van der Waals surface area contributed by atoms with Crippen molar-refractivity contribution >= 4 is 26.6 Å². The molecule has 3 N–H and O–H groups in total. The lowest BCUT2D eigenvalue weighted by Gasteiger charge is -2.20. The van der Waals surface area contributed by atoms with Crippen LogP contribution in [0.2, 0.25) is 0 Å². The van der Waals surface area contributed by atoms with Gasteiger partial charge in [0.1, 0.15) is 10.7 Å². The number of aromatic nitrogens is 3. The molecule has 2 aromatic heterocycles. The quantitative estimate of drug-likeness (QED) is 0.748. The predicted octanol–water partition coefficient (Wildman–Crippen LogP) is 3.42. The first-order valence-corrected chi connectivity index (χ1v) is 10.00. The summed E-state index contributed by atoms with van der Waals surface area (Å²) in [5, 5.41) is 8.91. The monoisotopic (exact) mass is 356 g/mol. The van der Waals surface area contributed by atoms with E-state index in [4.69, 9.17) is 5.73 Å². The van der Waals surface area contributed by atoms with Gasteiger partial charge in [-0.1, -0.05) is 37.5 Å². The third-order valence-corrected chi connectivity index (χ3v) is 6.81. The van der Waals surface area contributed by atoms with Crippen LogP contribution in [0.5, 0.6) is 0 Å². The van der Waals surface area contributed by atoms with Gasteiger partial charge in [0, 0.05) is 11.3 Å². The fourth-order valence-electron chi connectivity index (χ4n) is 3.71. The Kier molecular flexibility index (Phi) is 3.95. The number of rotatable bonds is 3. The van der Waals surface area contributed by atoms with Gasteiger partial charge in [-0.2, -0.15) is 10.2 Å². The smallest absolute Gasteiger partial charge is 0.210 e. The number of sulfone groups is 1. The van der Waals surface area contributed by atoms with Gasteiger partial charge in [0.25, 0.3) is 0 Å². The number of hydrogen-bond acceptors (Lipinski definition) is 5. The molecule has 2 heterocycles. The third kappa shape index (κ3) is 2.68. The lowest BCUT2D eigenvalue weighted by molar-refractivity contribution is 0.436. The number of benzene rings is 1. The van der Waals surface area contributed by atoms with Crippen LogP contribution in [0.15, 0.2) is 46.3 Å². The van der Waals surface area contributed by atoms with E-state index in [1.54, 1.807) is 30.3 Å². The van der Waals surface area contributed by atoms with Gasteiger partial charge in [-0.25, -0.2) is 8.42 Å². The average molecular weight is 356 g/mol. The van der Waals surface area contributed by atoms with Crippen LogP contribution in [0.3, 0.4) is 0 Å². The SMILES string of the molecule is Nc1[nH]c2c(C3CCCCC3)nncc2c1S(=O)(=O)c1ccccc1. The number of anilines is 1. The molecule has 1 aliphatic rings. The van der Waals surface area contributed by atoms with Crippen molar-refractivity contribution in [3.05, 3.63) is 42.2 Å². The van der Waals surface area contributed by atoms with E-state index in [1.807, 2.05) is 0 Å². The van der Waals surface area contributed by atoms with Crippen LogP contribution < -0.4 is 5.73 Å². The first-order valence-electron chi connectivity index (χ1n) is 8.52. The number of H-pyrrole nitrogens is 1. The topological polar surface area (TPSA) is 102 Å². The van der Waals surface area contributed by atoms with Gasteiger partial charge in [0.15, 0.2) is 0 Å². The summed E-state index contributed by atoms with van der Waals surface area (Å²) < 4.78 is 26.1. The summed E-state index contributed by atoms with van der Waals surface area (Å²) in [6, 6.07) is 8.33. The van der Waals surface area contributed by atoms with Gasteiger partial charge in [-0.15, -0.1) is 0 Å². The Bertz CT molecular complexity index is 1010. The highest BCUT2D eigenvalue weighted by Gasteiger charge is 2.28. The summed E-state index contributed by atoms with van der Waals surface area (Å²) in [7, 11) is -3.72. The van der Waals surface area contributed by atoms with E-state index in [2.05, 4.69) is 15.2 Å². The predicted molar refractivity (Wildman–Crippen MR) is 96.0 cm³/mol. The molecule has 0 unspecified atom stereocenters. The second-order valence-corrected chi connectivity index (χ2v) is 8.42. The molecule has 0 aliphatic heterocycles. The molecular weight excluding hydrogens is 336 g/mol. The Hall–Kier alpha value is -2.41. The summed E-state index contributed by atoms with van der Waals surface area (Å²) in [4.78, 5) is 3.38. The van der Waals surface area contributed by atoms with Gasteiger partial charge in [-0.05, 0) is 25.0 Å². The van der Waals surface area contributed by atoms with Crippen molar-refractivity contribution in [3.8, 4) is 0 Å². The normalized spacial score (nSPS) is 16.3. The Morgan fingerprint density at radius 3 is 2.52 bits per heavy atom. The number of nitrogen functional groups attached to an aromatic ring is 1. The summed E-state index contributed by atoms with van der Waals surface area (Å²) in [6.45, 7) is 0. The zero-order valence-electron chi connectivity index (χ0n) is 13.8. The molecule has 0 atom stereocenters. The number of aromatic amines is 1. The van der Waals surface area contributed by atoms with Crippen molar-refractivity contribution in [2.24, 2.45) is 0 Å². The fourth-order valence-corrected chi connectivity index (χ4v) is 5.25. The second-order valence-electron chi connectivity index (χ2n) is 6.54. The zero-order valence-corrected chi connectivity index (χ0v) is 14.6. The maximum Gasteiger partial charge on any atom is 0.210 e. The molecule has 1 saturated carbocycles. The largest absolute Gasteiger partial charge is 0.384 e. The van der Waals surface area contributed by atoms with E-state index in [1.165, 1.54) is 12.6 Å². The van der Waals surface area contributed by atoms with Gasteiger partial charge < -0.3 is 10.7 Å². The third-order valence-electron chi connectivity index (χ3n) is 4.94. The Labute approximate surface area is 146 Å². The molecule has 0 amide bonds. The minimum atomic E-state index is -3.72. The molecule has 1 aliphatic carbocycles. The highest BCUT2D eigenvalue weighted by Crippen LogP contribution is 2.38. The van der Waals surface area contributed by atoms with Crippen LogP contribution in [0.4, 0.5) is 5.82 Å². The molecule has 0 saturated heterocycles. The van der Waals surface area contributed by atoms with Gasteiger partial charge in [-0.3, -0.25) is 0 Å². The second kappa shape index (κ2) is 6.15. The van der Waals surface area contributed by atoms with Crippen molar-refractivity contribution in [1.82, 2.24) is 15.2 Å². The summed E-state index contributed by atoms with van der Waals surface area (Å²) in [5.74, 6) is 0.445. The van der Waals surface area contributed by atoms with E-state index in [0.717, 1.165) is 31.4 Å². The van der Waals surface area contributed by atoms with E-state index >= 15 is 0 Å². The summed E-state index contributed by atoms with van der Waals surface area (Å²) in [5.41, 5.74) is 7.62. The number of nitrogens with two attached hydrogens (primary N) is 1. The van der Waals surface area contributed by atoms with Gasteiger partial charge in [0.2, 0.25) is 9.84 Å². The lowest BCUT2D eigenvalue weighted by atomic mass is 9.86. The fraction of sp³-hybridized carbons (Fsp3) is 0.333. The molecule has 1 fully saturated rings. The van der Waals surface area contributed by atoms with E-state index < -0.39 is 9.84 Å². The van der Waals surface area contributed by atoms with Crippen LogP contribution in [-0.2, 0) is 9.84 Å². The number of nitrogens with one attached hydrogen (secondary N) is 1. The molecule has 0 bridgehead atoms. The summed E-state index contributed by atoms with van der Waals surface area (Å²) in [6.07, 6.45) is 7.15. The van der Waals surface area contributed by atoms with Gasteiger partial charge >= 0.3 is 0 Å². The molecule has 6 nitrogen and oxygen atoms in total. The molecule has 3 aromatic rings. The minimum absolute atomic E-state index is 0.0978. The molecule has 4 rings (SSSR count). The first-order chi connectivity index (χ1) is 12.1. The van der Waals surface area contributed by atoms with Crippen molar-refractivity contribution < 1.29 is 8.42 Å². The minimum Gasteiger partial charge on any atom is -0.384 e. The van der Waals surface area contributed by atoms with Crippen LogP contribution >= 0.6 is 0 Å². The maximum absolute atomic E-state index is 13.1. The Balaban J connectivity index is 1.90. The Morgan fingerprint density at radius 1 is 1.08 bits per heavy atom. The van der Waals surface area contributed by atoms with Crippen LogP contribution in [0.25, 0.3) is 10.9 Å². The van der Waals surface area contributed by atoms with Crippen LogP contribution in [0, 0.1) is 0 Å². The maximum atomic E-state index is 13.1. The highest BCUT2D eigenvalue weighted by atomic mass is 32.2. The van der Waals surface area contributed by atoms with Crippen molar-refractivity contribution in [2.75, 3.05) is 5.73 Å². The van der Waals surface area contributed by atoms with Crippen molar-refractivity contribution in [1.29, 1.82) is 0 Å².